The van der Waals surface area contributed by atoms with Crippen LogP contribution in [0.1, 0.15) is 26.3 Å². The lowest BCUT2D eigenvalue weighted by molar-refractivity contribution is 0.103. The summed E-state index contributed by atoms with van der Waals surface area (Å²) in [4.78, 5) is 26.1. The number of hydrogen-bond acceptors (Lipinski definition) is 6. The van der Waals surface area contributed by atoms with Gasteiger partial charge in [0.15, 0.2) is 17.1 Å². The monoisotopic (exact) mass is 491 g/mol. The van der Waals surface area contributed by atoms with Crippen molar-refractivity contribution in [2.24, 2.45) is 0 Å². The molecule has 0 amide bonds. The Labute approximate surface area is 195 Å². The Hall–Kier alpha value is -2.92. The largest absolute Gasteiger partial charge is 0.496 e. The number of methoxy groups -OCH3 is 3. The fourth-order valence-corrected chi connectivity index (χ4v) is 5.22. The molecule has 0 saturated heterocycles. The van der Waals surface area contributed by atoms with Gasteiger partial charge in [0.2, 0.25) is 0 Å². The molecule has 9 heteroatoms. The van der Waals surface area contributed by atoms with E-state index < -0.39 is 19.1 Å². The highest BCUT2D eigenvalue weighted by Gasteiger charge is 2.43. The fraction of sp³-hybridized carbons (Fsp3) is 0.130. The normalized spacial score (nSPS) is 11.0. The van der Waals surface area contributed by atoms with Crippen molar-refractivity contribution in [2.75, 3.05) is 21.3 Å². The van der Waals surface area contributed by atoms with Crippen LogP contribution in [0.15, 0.2) is 54.6 Å². The average molecular weight is 492 g/mol. The third-order valence-corrected chi connectivity index (χ3v) is 6.91. The molecule has 0 aliphatic carbocycles. The number of ether oxygens (including phenoxy) is 3. The zero-order valence-corrected chi connectivity index (χ0v) is 19.8. The van der Waals surface area contributed by atoms with Gasteiger partial charge in [0.1, 0.15) is 11.5 Å². The van der Waals surface area contributed by atoms with Gasteiger partial charge in [-0.3, -0.25) is 4.79 Å². The summed E-state index contributed by atoms with van der Waals surface area (Å²) in [7, 11) is 1.24. The Kier molecular flexibility index (Phi) is 7.52. The van der Waals surface area contributed by atoms with Gasteiger partial charge in [0.05, 0.1) is 31.4 Å². The van der Waals surface area contributed by atoms with E-state index in [0.717, 1.165) is 0 Å². The van der Waals surface area contributed by atoms with Crippen molar-refractivity contribution >= 4 is 47.6 Å². The SMILES string of the molecule is COc1cccc(OC)c1C(=O)[P+](=O)c1c(Cl)cc(C(=O)c2ccccc2)c(Cl)c1OC. The van der Waals surface area contributed by atoms with Crippen molar-refractivity contribution in [1.82, 2.24) is 0 Å². The summed E-state index contributed by atoms with van der Waals surface area (Å²) in [5.41, 5.74) is -0.335. The van der Waals surface area contributed by atoms with E-state index in [1.165, 1.54) is 27.4 Å². The van der Waals surface area contributed by atoms with Gasteiger partial charge < -0.3 is 14.2 Å². The molecule has 6 nitrogen and oxygen atoms in total. The number of benzene rings is 3. The van der Waals surface area contributed by atoms with Crippen LogP contribution in [0.25, 0.3) is 0 Å². The molecule has 0 N–H and O–H groups in total. The van der Waals surface area contributed by atoms with Gasteiger partial charge in [-0.2, -0.15) is 0 Å². The Morgan fingerprint density at radius 3 is 1.97 bits per heavy atom. The van der Waals surface area contributed by atoms with Crippen LogP contribution in [0.3, 0.4) is 0 Å². The lowest BCUT2D eigenvalue weighted by Crippen LogP contribution is -2.14. The van der Waals surface area contributed by atoms with E-state index in [2.05, 4.69) is 0 Å². The molecule has 0 heterocycles. The van der Waals surface area contributed by atoms with Crippen molar-refractivity contribution in [2.45, 2.75) is 0 Å². The maximum absolute atomic E-state index is 13.4. The summed E-state index contributed by atoms with van der Waals surface area (Å²) >= 11 is 12.9. The highest BCUT2D eigenvalue weighted by atomic mass is 35.5. The van der Waals surface area contributed by atoms with Crippen LogP contribution >= 0.6 is 31.0 Å². The van der Waals surface area contributed by atoms with Crippen LogP contribution in [0.2, 0.25) is 10.0 Å². The molecule has 0 spiro atoms. The first-order valence-electron chi connectivity index (χ1n) is 9.24. The fourth-order valence-electron chi connectivity index (χ4n) is 3.14. The van der Waals surface area contributed by atoms with E-state index in [1.54, 1.807) is 48.5 Å². The molecule has 3 aromatic rings. The van der Waals surface area contributed by atoms with E-state index in [1.807, 2.05) is 0 Å². The molecule has 0 bridgehead atoms. The lowest BCUT2D eigenvalue weighted by atomic mass is 10.0. The topological polar surface area (TPSA) is 78.9 Å². The molecule has 3 rings (SSSR count). The first-order chi connectivity index (χ1) is 15.3. The zero-order valence-electron chi connectivity index (χ0n) is 17.3. The maximum atomic E-state index is 13.4. The number of carbonyl (C=O) groups is 2. The number of ketones is 1. The highest BCUT2D eigenvalue weighted by Crippen LogP contribution is 2.43. The minimum Gasteiger partial charge on any atom is -0.496 e. The van der Waals surface area contributed by atoms with Crippen molar-refractivity contribution in [3.8, 4) is 17.2 Å². The Morgan fingerprint density at radius 1 is 0.844 bits per heavy atom. The lowest BCUT2D eigenvalue weighted by Gasteiger charge is -2.11. The molecule has 0 aliphatic heterocycles. The van der Waals surface area contributed by atoms with Gasteiger partial charge in [0.25, 0.3) is 5.30 Å². The summed E-state index contributed by atoms with van der Waals surface area (Å²) in [5, 5.41) is -0.297. The van der Waals surface area contributed by atoms with Gasteiger partial charge >= 0.3 is 13.3 Å². The van der Waals surface area contributed by atoms with Gasteiger partial charge in [0, 0.05) is 11.1 Å². The maximum Gasteiger partial charge on any atom is 0.464 e. The molecular formula is C23H18Cl2O6P+. The number of hydrogen-bond donors (Lipinski definition) is 0. The second kappa shape index (κ2) is 10.1. The second-order valence-electron chi connectivity index (χ2n) is 6.43. The quantitative estimate of drug-likeness (QED) is 0.304. The number of rotatable bonds is 8. The summed E-state index contributed by atoms with van der Waals surface area (Å²) in [6.45, 7) is 0. The van der Waals surface area contributed by atoms with E-state index >= 15 is 0 Å². The van der Waals surface area contributed by atoms with E-state index in [4.69, 9.17) is 37.4 Å². The van der Waals surface area contributed by atoms with Gasteiger partial charge in [-0.25, -0.2) is 4.79 Å². The van der Waals surface area contributed by atoms with Gasteiger partial charge in [-0.15, -0.1) is 0 Å². The van der Waals surface area contributed by atoms with Crippen molar-refractivity contribution in [3.05, 3.63) is 81.3 Å². The third-order valence-electron chi connectivity index (χ3n) is 4.66. The Morgan fingerprint density at radius 2 is 1.44 bits per heavy atom. The van der Waals surface area contributed by atoms with Gasteiger partial charge in [-0.1, -0.05) is 64.2 Å². The average Bonchev–Trinajstić information content (AvgIpc) is 2.83. The van der Waals surface area contributed by atoms with Crippen LogP contribution < -0.4 is 19.5 Å². The Balaban J connectivity index is 2.13. The third kappa shape index (κ3) is 4.35. The van der Waals surface area contributed by atoms with Crippen molar-refractivity contribution in [3.63, 3.8) is 0 Å². The molecule has 0 radical (unpaired) electrons. The summed E-state index contributed by atoms with van der Waals surface area (Å²) < 4.78 is 29.2. The molecule has 0 aromatic heterocycles. The van der Waals surface area contributed by atoms with Crippen molar-refractivity contribution in [1.29, 1.82) is 0 Å². The highest BCUT2D eigenvalue weighted by molar-refractivity contribution is 7.72. The molecule has 0 saturated carbocycles. The van der Waals surface area contributed by atoms with Crippen LogP contribution in [0.5, 0.6) is 17.2 Å². The predicted molar refractivity (Wildman–Crippen MR) is 124 cm³/mol. The molecular weight excluding hydrogens is 474 g/mol. The smallest absolute Gasteiger partial charge is 0.464 e. The van der Waals surface area contributed by atoms with Crippen LogP contribution in [0.4, 0.5) is 0 Å². The molecule has 3 aromatic carbocycles. The van der Waals surface area contributed by atoms with Crippen LogP contribution in [-0.4, -0.2) is 32.6 Å². The molecule has 32 heavy (non-hydrogen) atoms. The van der Waals surface area contributed by atoms with Crippen LogP contribution in [0, 0.1) is 0 Å². The van der Waals surface area contributed by atoms with Crippen LogP contribution in [-0.2, 0) is 4.57 Å². The molecule has 1 unspecified atom stereocenters. The van der Waals surface area contributed by atoms with E-state index in [9.17, 15) is 14.2 Å². The van der Waals surface area contributed by atoms with E-state index in [-0.39, 0.29) is 43.7 Å². The first kappa shape index (κ1) is 23.7. The zero-order chi connectivity index (χ0) is 23.4. The minimum absolute atomic E-state index is 0.00251. The van der Waals surface area contributed by atoms with E-state index in [0.29, 0.717) is 5.56 Å². The second-order valence-corrected chi connectivity index (χ2v) is 8.66. The molecule has 0 aliphatic rings. The van der Waals surface area contributed by atoms with Crippen molar-refractivity contribution < 1.29 is 28.4 Å². The summed E-state index contributed by atoms with van der Waals surface area (Å²) in [5.74, 6) is -0.124. The molecule has 1 atom stereocenters. The Bertz CT molecular complexity index is 1190. The van der Waals surface area contributed by atoms with Gasteiger partial charge in [-0.05, 0) is 18.2 Å². The summed E-state index contributed by atoms with van der Waals surface area (Å²) in [6.07, 6.45) is 0. The first-order valence-corrected chi connectivity index (χ1v) is 11.3. The predicted octanol–water partition coefficient (Wildman–Crippen LogP) is 5.54. The molecule has 164 valence electrons. The minimum atomic E-state index is -2.81. The number of halogens is 2. The summed E-state index contributed by atoms with van der Waals surface area (Å²) in [6, 6.07) is 14.5. The number of carbonyl (C=O) groups excluding carboxylic acids is 2. The molecule has 0 fully saturated rings. The standard InChI is InChI=1S/C23H18Cl2O6P/c1-29-16-10-7-11-17(30-2)18(16)23(27)32(28)22-15(24)12-14(19(25)21(22)31-3)20(26)13-8-5-4-6-9-13/h4-12H,1-3H3/q+1.